The molecule has 0 spiro atoms. The third-order valence-electron chi connectivity index (χ3n) is 2.38. The van der Waals surface area contributed by atoms with Crippen molar-refractivity contribution in [1.29, 1.82) is 5.26 Å². The van der Waals surface area contributed by atoms with E-state index in [4.69, 9.17) is 10.00 Å². The Hall–Kier alpha value is -1.56. The van der Waals surface area contributed by atoms with E-state index in [1.807, 2.05) is 13.0 Å². The molecule has 0 aliphatic heterocycles. The molecule has 15 heavy (non-hydrogen) atoms. The van der Waals surface area contributed by atoms with Crippen LogP contribution in [0.2, 0.25) is 0 Å². The standard InChI is InChI=1S/C12H15NO2/c1-3-15-12(14)11(8-13)10-6-4-5-9(2)7-10/h5H,3-4,6-7H2,1-2H3. The summed E-state index contributed by atoms with van der Waals surface area (Å²) in [5.41, 5.74) is 2.33. The van der Waals surface area contributed by atoms with Gasteiger partial charge in [0, 0.05) is 0 Å². The Morgan fingerprint density at radius 1 is 1.67 bits per heavy atom. The molecule has 0 atom stereocenters. The van der Waals surface area contributed by atoms with Crippen LogP contribution < -0.4 is 0 Å². The van der Waals surface area contributed by atoms with Crippen molar-refractivity contribution in [3.8, 4) is 6.07 Å². The molecular weight excluding hydrogens is 190 g/mol. The zero-order valence-electron chi connectivity index (χ0n) is 9.17. The molecule has 0 aromatic rings. The maximum atomic E-state index is 11.5. The third kappa shape index (κ3) is 2.95. The lowest BCUT2D eigenvalue weighted by Gasteiger charge is -2.14. The van der Waals surface area contributed by atoms with Crippen LogP contribution in [0.25, 0.3) is 0 Å². The van der Waals surface area contributed by atoms with Crippen molar-refractivity contribution in [2.75, 3.05) is 6.61 Å². The second-order valence-electron chi connectivity index (χ2n) is 3.58. The second kappa shape index (κ2) is 5.35. The number of esters is 1. The first-order chi connectivity index (χ1) is 7.19. The first kappa shape index (κ1) is 11.5. The molecule has 0 fully saturated rings. The van der Waals surface area contributed by atoms with Gasteiger partial charge in [-0.25, -0.2) is 4.79 Å². The van der Waals surface area contributed by atoms with Crippen molar-refractivity contribution in [2.45, 2.75) is 33.1 Å². The van der Waals surface area contributed by atoms with Gasteiger partial charge in [0.1, 0.15) is 11.6 Å². The molecule has 3 nitrogen and oxygen atoms in total. The van der Waals surface area contributed by atoms with Crippen LogP contribution in [0.5, 0.6) is 0 Å². The van der Waals surface area contributed by atoms with Gasteiger partial charge in [0.15, 0.2) is 0 Å². The summed E-state index contributed by atoms with van der Waals surface area (Å²) in [6.07, 6.45) is 4.57. The van der Waals surface area contributed by atoms with Gasteiger partial charge in [-0.05, 0) is 38.7 Å². The number of carbonyl (C=O) groups is 1. The zero-order chi connectivity index (χ0) is 11.3. The number of allylic oxidation sites excluding steroid dienone is 3. The summed E-state index contributed by atoms with van der Waals surface area (Å²) in [6, 6.07) is 1.95. The number of nitriles is 1. The van der Waals surface area contributed by atoms with Crippen molar-refractivity contribution in [1.82, 2.24) is 0 Å². The smallest absolute Gasteiger partial charge is 0.348 e. The average Bonchev–Trinajstić information content (AvgIpc) is 2.19. The first-order valence-electron chi connectivity index (χ1n) is 5.14. The molecule has 3 heteroatoms. The van der Waals surface area contributed by atoms with Gasteiger partial charge < -0.3 is 4.74 Å². The first-order valence-corrected chi connectivity index (χ1v) is 5.14. The topological polar surface area (TPSA) is 50.1 Å². The van der Waals surface area contributed by atoms with Crippen LogP contribution in [-0.2, 0) is 9.53 Å². The zero-order valence-corrected chi connectivity index (χ0v) is 9.17. The Bertz CT molecular complexity index is 358. The van der Waals surface area contributed by atoms with Crippen molar-refractivity contribution in [2.24, 2.45) is 0 Å². The van der Waals surface area contributed by atoms with Gasteiger partial charge in [-0.1, -0.05) is 11.6 Å². The molecule has 0 unspecified atom stereocenters. The Kier molecular flexibility index (Phi) is 4.11. The molecule has 0 saturated heterocycles. The van der Waals surface area contributed by atoms with Crippen LogP contribution >= 0.6 is 0 Å². The van der Waals surface area contributed by atoms with Crippen LogP contribution in [0.4, 0.5) is 0 Å². The van der Waals surface area contributed by atoms with Crippen LogP contribution in [0.1, 0.15) is 33.1 Å². The third-order valence-corrected chi connectivity index (χ3v) is 2.38. The molecule has 0 radical (unpaired) electrons. The fourth-order valence-electron chi connectivity index (χ4n) is 1.68. The highest BCUT2D eigenvalue weighted by Gasteiger charge is 2.18. The summed E-state index contributed by atoms with van der Waals surface area (Å²) >= 11 is 0. The molecule has 0 aromatic carbocycles. The summed E-state index contributed by atoms with van der Waals surface area (Å²) in [5.74, 6) is -0.482. The number of ether oxygens (including phenoxy) is 1. The lowest BCUT2D eigenvalue weighted by molar-refractivity contribution is -0.138. The van der Waals surface area contributed by atoms with Gasteiger partial charge in [0.05, 0.1) is 6.61 Å². The highest BCUT2D eigenvalue weighted by molar-refractivity contribution is 5.93. The van der Waals surface area contributed by atoms with E-state index in [-0.39, 0.29) is 5.57 Å². The summed E-state index contributed by atoms with van der Waals surface area (Å²) < 4.78 is 4.84. The van der Waals surface area contributed by atoms with Crippen LogP contribution in [-0.4, -0.2) is 12.6 Å². The minimum absolute atomic E-state index is 0.198. The molecule has 1 aliphatic rings. The maximum Gasteiger partial charge on any atom is 0.348 e. The summed E-state index contributed by atoms with van der Waals surface area (Å²) in [4.78, 5) is 11.5. The summed E-state index contributed by atoms with van der Waals surface area (Å²) in [7, 11) is 0. The van der Waals surface area contributed by atoms with E-state index in [0.717, 1.165) is 24.8 Å². The second-order valence-corrected chi connectivity index (χ2v) is 3.58. The minimum atomic E-state index is -0.482. The van der Waals surface area contributed by atoms with Gasteiger partial charge in [0.2, 0.25) is 0 Å². The molecule has 0 aromatic heterocycles. The van der Waals surface area contributed by atoms with E-state index in [2.05, 4.69) is 6.08 Å². The van der Waals surface area contributed by atoms with Gasteiger partial charge in [-0.15, -0.1) is 0 Å². The lowest BCUT2D eigenvalue weighted by Crippen LogP contribution is -2.10. The normalized spacial score (nSPS) is 18.9. The molecule has 1 aliphatic carbocycles. The van der Waals surface area contributed by atoms with Crippen molar-refractivity contribution < 1.29 is 9.53 Å². The highest BCUT2D eigenvalue weighted by Crippen LogP contribution is 2.26. The minimum Gasteiger partial charge on any atom is -0.462 e. The van der Waals surface area contributed by atoms with Crippen molar-refractivity contribution in [3.05, 3.63) is 22.8 Å². The van der Waals surface area contributed by atoms with E-state index in [1.165, 1.54) is 5.57 Å². The van der Waals surface area contributed by atoms with E-state index < -0.39 is 5.97 Å². The fourth-order valence-corrected chi connectivity index (χ4v) is 1.68. The molecule has 0 bridgehead atoms. The predicted molar refractivity (Wildman–Crippen MR) is 56.9 cm³/mol. The fraction of sp³-hybridized carbons (Fsp3) is 0.500. The molecule has 0 amide bonds. The molecule has 1 rings (SSSR count). The monoisotopic (exact) mass is 205 g/mol. The van der Waals surface area contributed by atoms with Crippen molar-refractivity contribution >= 4 is 5.97 Å². The van der Waals surface area contributed by atoms with E-state index in [0.29, 0.717) is 6.61 Å². The van der Waals surface area contributed by atoms with Crippen molar-refractivity contribution in [3.63, 3.8) is 0 Å². The van der Waals surface area contributed by atoms with E-state index in [1.54, 1.807) is 6.92 Å². The molecule has 0 N–H and O–H groups in total. The van der Waals surface area contributed by atoms with E-state index >= 15 is 0 Å². The Morgan fingerprint density at radius 2 is 2.40 bits per heavy atom. The number of nitrogens with zero attached hydrogens (tertiary/aromatic N) is 1. The number of hydrogen-bond acceptors (Lipinski definition) is 3. The number of hydrogen-bond donors (Lipinski definition) is 0. The SMILES string of the molecule is CCOC(=O)C(C#N)=C1CCC=C(C)C1. The Labute approximate surface area is 90.0 Å². The Balaban J connectivity index is 2.90. The Morgan fingerprint density at radius 3 is 2.93 bits per heavy atom. The highest BCUT2D eigenvalue weighted by atomic mass is 16.5. The number of carbonyl (C=O) groups excluding carboxylic acids is 1. The van der Waals surface area contributed by atoms with Gasteiger partial charge in [-0.2, -0.15) is 5.26 Å². The van der Waals surface area contributed by atoms with Crippen LogP contribution in [0.3, 0.4) is 0 Å². The molecule has 80 valence electrons. The predicted octanol–water partition coefficient (Wildman–Crippen LogP) is 2.50. The number of rotatable bonds is 2. The van der Waals surface area contributed by atoms with Crippen LogP contribution in [0.15, 0.2) is 22.8 Å². The van der Waals surface area contributed by atoms with Crippen LogP contribution in [0, 0.1) is 11.3 Å². The van der Waals surface area contributed by atoms with Gasteiger partial charge in [0.25, 0.3) is 0 Å². The maximum absolute atomic E-state index is 11.5. The quantitative estimate of drug-likeness (QED) is 0.301. The largest absolute Gasteiger partial charge is 0.462 e. The molecule has 0 saturated carbocycles. The molecule has 0 heterocycles. The molecular formula is C12H15NO2. The average molecular weight is 205 g/mol. The summed E-state index contributed by atoms with van der Waals surface area (Å²) in [6.45, 7) is 4.06. The summed E-state index contributed by atoms with van der Waals surface area (Å²) in [5, 5.41) is 8.93. The van der Waals surface area contributed by atoms with Gasteiger partial charge >= 0.3 is 5.97 Å². The lowest BCUT2D eigenvalue weighted by atomic mass is 9.91. The van der Waals surface area contributed by atoms with E-state index in [9.17, 15) is 4.79 Å². The van der Waals surface area contributed by atoms with Gasteiger partial charge in [-0.3, -0.25) is 0 Å².